The third-order valence-corrected chi connectivity index (χ3v) is 5.48. The van der Waals surface area contributed by atoms with Crippen LogP contribution >= 0.6 is 11.6 Å². The van der Waals surface area contributed by atoms with Crippen LogP contribution in [0.5, 0.6) is 0 Å². The van der Waals surface area contributed by atoms with Crippen molar-refractivity contribution in [3.05, 3.63) is 46.7 Å². The first kappa shape index (κ1) is 17.9. The highest BCUT2D eigenvalue weighted by Gasteiger charge is 2.23. The summed E-state index contributed by atoms with van der Waals surface area (Å²) in [5, 5.41) is 4.69. The molecule has 0 aliphatic rings. The Hall–Kier alpha value is -1.41. The molecule has 1 unspecified atom stereocenters. The summed E-state index contributed by atoms with van der Waals surface area (Å²) in [4.78, 5) is 2.12. The van der Waals surface area contributed by atoms with Crippen molar-refractivity contribution in [1.29, 1.82) is 0 Å². The second-order valence-electron chi connectivity index (χ2n) is 5.61. The van der Waals surface area contributed by atoms with Gasteiger partial charge in [-0.05, 0) is 32.6 Å². The van der Waals surface area contributed by atoms with E-state index in [2.05, 4.69) is 9.82 Å². The van der Waals surface area contributed by atoms with E-state index >= 15 is 0 Å². The van der Waals surface area contributed by atoms with Crippen molar-refractivity contribution in [2.75, 3.05) is 20.6 Å². The molecular weight excluding hydrogens is 336 g/mol. The van der Waals surface area contributed by atoms with Gasteiger partial charge in [-0.15, -0.1) is 0 Å². The molecular formula is C15H21ClN4O2S. The lowest BCUT2D eigenvalue weighted by atomic mass is 10.1. The van der Waals surface area contributed by atoms with Crippen molar-refractivity contribution in [2.24, 2.45) is 7.05 Å². The summed E-state index contributed by atoms with van der Waals surface area (Å²) in [5.74, 6) is 0. The number of nitrogens with zero attached hydrogens (tertiary/aromatic N) is 3. The monoisotopic (exact) mass is 356 g/mol. The minimum atomic E-state index is -3.62. The van der Waals surface area contributed by atoms with Crippen molar-refractivity contribution >= 4 is 21.6 Å². The molecule has 0 aliphatic carbocycles. The molecule has 1 heterocycles. The van der Waals surface area contributed by atoms with Crippen molar-refractivity contribution in [1.82, 2.24) is 19.4 Å². The first-order valence-corrected chi connectivity index (χ1v) is 8.99. The molecule has 23 heavy (non-hydrogen) atoms. The second-order valence-corrected chi connectivity index (χ2v) is 7.75. The van der Waals surface area contributed by atoms with Gasteiger partial charge in [0, 0.05) is 30.9 Å². The Balaban J connectivity index is 2.23. The minimum absolute atomic E-state index is 0.171. The normalized spacial score (nSPS) is 13.5. The van der Waals surface area contributed by atoms with Crippen LogP contribution in [0.1, 0.15) is 17.3 Å². The number of sulfonamides is 1. The van der Waals surface area contributed by atoms with E-state index in [0.717, 1.165) is 5.56 Å². The van der Waals surface area contributed by atoms with Crippen LogP contribution in [0, 0.1) is 6.92 Å². The summed E-state index contributed by atoms with van der Waals surface area (Å²) in [6, 6.07) is 7.26. The van der Waals surface area contributed by atoms with Crippen LogP contribution in [0.4, 0.5) is 0 Å². The zero-order valence-corrected chi connectivity index (χ0v) is 15.2. The first-order valence-electron chi connectivity index (χ1n) is 7.13. The van der Waals surface area contributed by atoms with Gasteiger partial charge in [-0.3, -0.25) is 4.68 Å². The van der Waals surface area contributed by atoms with E-state index in [1.54, 1.807) is 20.0 Å². The molecule has 1 aromatic carbocycles. The predicted molar refractivity (Wildman–Crippen MR) is 91.0 cm³/mol. The van der Waals surface area contributed by atoms with Gasteiger partial charge in [0.05, 0.1) is 5.69 Å². The topological polar surface area (TPSA) is 67.2 Å². The highest BCUT2D eigenvalue weighted by atomic mass is 35.5. The van der Waals surface area contributed by atoms with Crippen molar-refractivity contribution < 1.29 is 8.42 Å². The lowest BCUT2D eigenvalue weighted by Gasteiger charge is -2.25. The maximum Gasteiger partial charge on any atom is 0.244 e. The van der Waals surface area contributed by atoms with Crippen LogP contribution in [0.25, 0.3) is 0 Å². The molecule has 0 radical (unpaired) electrons. The third kappa shape index (κ3) is 4.11. The Morgan fingerprint density at radius 1 is 1.35 bits per heavy atom. The summed E-state index contributed by atoms with van der Waals surface area (Å²) in [5.41, 5.74) is 1.35. The van der Waals surface area contributed by atoms with Gasteiger partial charge in [-0.25, -0.2) is 13.1 Å². The summed E-state index contributed by atoms with van der Waals surface area (Å²) in [6.07, 6.45) is 1.50. The second kappa shape index (κ2) is 7.00. The van der Waals surface area contributed by atoms with Crippen molar-refractivity contribution in [3.63, 3.8) is 0 Å². The number of halogens is 1. The Labute approximate surface area is 142 Å². The van der Waals surface area contributed by atoms with Crippen LogP contribution in [0.2, 0.25) is 5.02 Å². The molecule has 0 amide bonds. The molecule has 0 spiro atoms. The van der Waals surface area contributed by atoms with Gasteiger partial charge < -0.3 is 4.90 Å². The fraction of sp³-hybridized carbons (Fsp3) is 0.400. The van der Waals surface area contributed by atoms with E-state index in [9.17, 15) is 8.42 Å². The smallest absolute Gasteiger partial charge is 0.244 e. The number of likely N-dealkylation sites (N-methyl/N-ethyl adjacent to an activating group) is 1. The van der Waals surface area contributed by atoms with E-state index in [4.69, 9.17) is 11.6 Å². The van der Waals surface area contributed by atoms with Crippen molar-refractivity contribution in [2.45, 2.75) is 17.9 Å². The van der Waals surface area contributed by atoms with Crippen LogP contribution in [0.15, 0.2) is 35.4 Å². The molecule has 8 heteroatoms. The number of hydrogen-bond acceptors (Lipinski definition) is 4. The molecule has 0 saturated carbocycles. The molecule has 126 valence electrons. The van der Waals surface area contributed by atoms with Gasteiger partial charge in [-0.2, -0.15) is 5.10 Å². The summed E-state index contributed by atoms with van der Waals surface area (Å²) in [7, 11) is 1.84. The molecule has 0 aliphatic heterocycles. The SMILES string of the molecule is Cc1nn(C)cc1S(=O)(=O)NCC(c1ccccc1Cl)N(C)C. The molecule has 1 N–H and O–H groups in total. The van der Waals surface area contributed by atoms with Gasteiger partial charge in [0.15, 0.2) is 0 Å². The third-order valence-electron chi connectivity index (χ3n) is 3.61. The Morgan fingerprint density at radius 3 is 2.52 bits per heavy atom. The fourth-order valence-electron chi connectivity index (χ4n) is 2.42. The van der Waals surface area contributed by atoms with Crippen LogP contribution in [0.3, 0.4) is 0 Å². The summed E-state index contributed by atoms with van der Waals surface area (Å²) in [6.45, 7) is 1.89. The Kier molecular flexibility index (Phi) is 5.46. The molecule has 0 fully saturated rings. The number of aromatic nitrogens is 2. The number of aryl methyl sites for hydroxylation is 2. The molecule has 0 bridgehead atoms. The number of hydrogen-bond donors (Lipinski definition) is 1. The Bertz CT molecular complexity index is 787. The van der Waals surface area contributed by atoms with Crippen LogP contribution in [-0.4, -0.2) is 43.7 Å². The molecule has 1 atom stereocenters. The molecule has 2 aromatic rings. The number of nitrogens with one attached hydrogen (secondary N) is 1. The van der Waals surface area contributed by atoms with E-state index < -0.39 is 10.0 Å². The molecule has 2 rings (SSSR count). The lowest BCUT2D eigenvalue weighted by Crippen LogP contribution is -2.34. The van der Waals surface area contributed by atoms with Gasteiger partial charge in [0.2, 0.25) is 10.0 Å². The summed E-state index contributed by atoms with van der Waals surface area (Å²) >= 11 is 6.24. The Morgan fingerprint density at radius 2 is 2.00 bits per heavy atom. The van der Waals surface area contributed by atoms with Crippen LogP contribution < -0.4 is 4.72 Å². The maximum atomic E-state index is 12.5. The number of benzene rings is 1. The molecule has 1 aromatic heterocycles. The van der Waals surface area contributed by atoms with Gasteiger partial charge in [-0.1, -0.05) is 29.8 Å². The molecule has 6 nitrogen and oxygen atoms in total. The fourth-order valence-corrected chi connectivity index (χ4v) is 3.94. The summed E-state index contributed by atoms with van der Waals surface area (Å²) < 4.78 is 29.1. The average Bonchev–Trinajstić information content (AvgIpc) is 2.80. The standard InChI is InChI=1S/C15H21ClN4O2S/c1-11-15(10-20(4)18-11)23(21,22)17-9-14(19(2)3)12-7-5-6-8-13(12)16/h5-8,10,14,17H,9H2,1-4H3. The molecule has 0 saturated heterocycles. The van der Waals surface area contributed by atoms with E-state index in [-0.39, 0.29) is 17.5 Å². The number of rotatable bonds is 6. The maximum absolute atomic E-state index is 12.5. The van der Waals surface area contributed by atoms with Gasteiger partial charge >= 0.3 is 0 Å². The van der Waals surface area contributed by atoms with Crippen LogP contribution in [-0.2, 0) is 17.1 Å². The van der Waals surface area contributed by atoms with E-state index in [0.29, 0.717) is 10.7 Å². The lowest BCUT2D eigenvalue weighted by molar-refractivity contribution is 0.299. The predicted octanol–water partition coefficient (Wildman–Crippen LogP) is 1.96. The highest BCUT2D eigenvalue weighted by molar-refractivity contribution is 7.89. The first-order chi connectivity index (χ1) is 10.7. The average molecular weight is 357 g/mol. The zero-order valence-electron chi connectivity index (χ0n) is 13.6. The van der Waals surface area contributed by atoms with E-state index in [1.165, 1.54) is 10.9 Å². The zero-order chi connectivity index (χ0) is 17.2. The minimum Gasteiger partial charge on any atom is -0.301 e. The quantitative estimate of drug-likeness (QED) is 0.859. The highest BCUT2D eigenvalue weighted by Crippen LogP contribution is 2.26. The van der Waals surface area contributed by atoms with Crippen molar-refractivity contribution in [3.8, 4) is 0 Å². The van der Waals surface area contributed by atoms with Gasteiger partial charge in [0.1, 0.15) is 4.90 Å². The van der Waals surface area contributed by atoms with E-state index in [1.807, 2.05) is 37.2 Å². The van der Waals surface area contributed by atoms with Gasteiger partial charge in [0.25, 0.3) is 0 Å². The largest absolute Gasteiger partial charge is 0.301 e.